The molecular weight excluding hydrogens is 318 g/mol. The Hall–Kier alpha value is -2.76. The molecule has 2 rings (SSSR count). The third-order valence-corrected chi connectivity index (χ3v) is 5.02. The number of nitriles is 1. The molecule has 0 fully saturated rings. The smallest absolute Gasteiger partial charge is 0.258 e. The van der Waals surface area contributed by atoms with Crippen molar-refractivity contribution >= 4 is 15.7 Å². The molecule has 0 aliphatic rings. The van der Waals surface area contributed by atoms with Crippen molar-refractivity contribution in [1.29, 1.82) is 5.26 Å². The molecule has 0 atom stereocenters. The minimum absolute atomic E-state index is 0.0940. The van der Waals surface area contributed by atoms with Crippen LogP contribution in [0.4, 0.5) is 5.69 Å². The Bertz CT molecular complexity index is 870. The van der Waals surface area contributed by atoms with Gasteiger partial charge in [0.15, 0.2) is 0 Å². The molecule has 0 amide bonds. The van der Waals surface area contributed by atoms with E-state index in [0.29, 0.717) is 11.1 Å². The van der Waals surface area contributed by atoms with Gasteiger partial charge in [0, 0.05) is 25.7 Å². The zero-order valence-electron chi connectivity index (χ0n) is 12.2. The predicted molar refractivity (Wildman–Crippen MR) is 82.9 cm³/mol. The SMILES string of the molecule is CN(Cc1ccc(C#N)cc1)S(=O)(=O)c1cccc([N+](=O)[O-])c1. The van der Waals surface area contributed by atoms with Crippen LogP contribution in [0.2, 0.25) is 0 Å². The molecule has 2 aromatic carbocycles. The van der Waals surface area contributed by atoms with Gasteiger partial charge >= 0.3 is 0 Å². The first-order chi connectivity index (χ1) is 10.8. The Balaban J connectivity index is 2.26. The molecule has 2 aromatic rings. The number of benzene rings is 2. The van der Waals surface area contributed by atoms with E-state index in [-0.39, 0.29) is 17.1 Å². The van der Waals surface area contributed by atoms with Crippen molar-refractivity contribution < 1.29 is 13.3 Å². The lowest BCUT2D eigenvalue weighted by Crippen LogP contribution is -2.26. The molecule has 0 saturated heterocycles. The summed E-state index contributed by atoms with van der Waals surface area (Å²) in [5.74, 6) is 0. The minimum atomic E-state index is -3.85. The molecule has 0 saturated carbocycles. The lowest BCUT2D eigenvalue weighted by Gasteiger charge is -2.17. The van der Waals surface area contributed by atoms with Gasteiger partial charge in [0.1, 0.15) is 0 Å². The van der Waals surface area contributed by atoms with Crippen LogP contribution in [0.25, 0.3) is 0 Å². The lowest BCUT2D eigenvalue weighted by molar-refractivity contribution is -0.385. The van der Waals surface area contributed by atoms with Gasteiger partial charge in [-0.05, 0) is 23.8 Å². The number of rotatable bonds is 5. The number of hydrogen-bond donors (Lipinski definition) is 0. The van der Waals surface area contributed by atoms with Gasteiger partial charge in [-0.1, -0.05) is 18.2 Å². The molecule has 0 aromatic heterocycles. The van der Waals surface area contributed by atoms with Gasteiger partial charge in [0.2, 0.25) is 10.0 Å². The summed E-state index contributed by atoms with van der Waals surface area (Å²) in [6.45, 7) is 0.0940. The summed E-state index contributed by atoms with van der Waals surface area (Å²) in [6.07, 6.45) is 0. The molecule has 23 heavy (non-hydrogen) atoms. The maximum atomic E-state index is 12.5. The normalized spacial score (nSPS) is 11.2. The van der Waals surface area contributed by atoms with Gasteiger partial charge < -0.3 is 0 Å². The summed E-state index contributed by atoms with van der Waals surface area (Å²) >= 11 is 0. The summed E-state index contributed by atoms with van der Waals surface area (Å²) in [6, 6.07) is 13.4. The van der Waals surface area contributed by atoms with E-state index in [1.807, 2.05) is 6.07 Å². The number of nitro benzene ring substituents is 1. The van der Waals surface area contributed by atoms with Crippen LogP contribution >= 0.6 is 0 Å². The van der Waals surface area contributed by atoms with Crippen LogP contribution in [0.15, 0.2) is 53.4 Å². The van der Waals surface area contributed by atoms with Crippen molar-refractivity contribution in [1.82, 2.24) is 4.31 Å². The second-order valence-corrected chi connectivity index (χ2v) is 6.87. The first-order valence-corrected chi connectivity index (χ1v) is 7.98. The third-order valence-electron chi connectivity index (χ3n) is 3.22. The van der Waals surface area contributed by atoms with Crippen LogP contribution in [-0.4, -0.2) is 24.7 Å². The second-order valence-electron chi connectivity index (χ2n) is 4.82. The third kappa shape index (κ3) is 3.71. The average Bonchev–Trinajstić information content (AvgIpc) is 2.55. The molecule has 118 valence electrons. The fraction of sp³-hybridized carbons (Fsp3) is 0.133. The standard InChI is InChI=1S/C15H13N3O4S/c1-17(11-13-7-5-12(10-16)6-8-13)23(21,22)15-4-2-3-14(9-15)18(19)20/h2-9H,11H2,1H3. The zero-order chi connectivity index (χ0) is 17.0. The van der Waals surface area contributed by atoms with Gasteiger partial charge in [-0.2, -0.15) is 9.57 Å². The highest BCUT2D eigenvalue weighted by atomic mass is 32.2. The number of sulfonamides is 1. The van der Waals surface area contributed by atoms with Crippen molar-refractivity contribution in [3.8, 4) is 6.07 Å². The number of nitro groups is 1. The monoisotopic (exact) mass is 331 g/mol. The molecule has 0 aliphatic heterocycles. The maximum Gasteiger partial charge on any atom is 0.270 e. The summed E-state index contributed by atoms with van der Waals surface area (Å²) in [4.78, 5) is 10.00. The quantitative estimate of drug-likeness (QED) is 0.617. The summed E-state index contributed by atoms with van der Waals surface area (Å²) in [5.41, 5.74) is 0.913. The van der Waals surface area contributed by atoms with Crippen LogP contribution in [0.5, 0.6) is 0 Å². The predicted octanol–water partition coefficient (Wildman–Crippen LogP) is 2.29. The van der Waals surface area contributed by atoms with E-state index in [1.54, 1.807) is 24.3 Å². The van der Waals surface area contributed by atoms with Gasteiger partial charge in [-0.15, -0.1) is 0 Å². The van der Waals surface area contributed by atoms with Gasteiger partial charge in [0.25, 0.3) is 5.69 Å². The van der Waals surface area contributed by atoms with Crippen molar-refractivity contribution in [2.24, 2.45) is 0 Å². The first-order valence-electron chi connectivity index (χ1n) is 6.54. The Morgan fingerprint density at radius 3 is 2.43 bits per heavy atom. The largest absolute Gasteiger partial charge is 0.270 e. The lowest BCUT2D eigenvalue weighted by atomic mass is 10.1. The fourth-order valence-corrected chi connectivity index (χ4v) is 3.16. The van der Waals surface area contributed by atoms with E-state index in [0.717, 1.165) is 10.4 Å². The van der Waals surface area contributed by atoms with Crippen molar-refractivity contribution in [2.45, 2.75) is 11.4 Å². The Labute approximate surface area is 133 Å². The average molecular weight is 331 g/mol. The van der Waals surface area contributed by atoms with E-state index in [2.05, 4.69) is 0 Å². The zero-order valence-corrected chi connectivity index (χ0v) is 13.0. The summed E-state index contributed by atoms with van der Waals surface area (Å²) in [7, 11) is -2.45. The van der Waals surface area contributed by atoms with Gasteiger partial charge in [-0.3, -0.25) is 10.1 Å². The Morgan fingerprint density at radius 1 is 1.22 bits per heavy atom. The fourth-order valence-electron chi connectivity index (χ4n) is 1.96. The van der Waals surface area contributed by atoms with E-state index >= 15 is 0 Å². The van der Waals surface area contributed by atoms with Crippen LogP contribution in [-0.2, 0) is 16.6 Å². The van der Waals surface area contributed by atoms with E-state index in [9.17, 15) is 18.5 Å². The molecule has 0 bridgehead atoms. The highest BCUT2D eigenvalue weighted by Crippen LogP contribution is 2.21. The van der Waals surface area contributed by atoms with E-state index in [1.165, 1.54) is 25.2 Å². The van der Waals surface area contributed by atoms with Crippen LogP contribution in [0, 0.1) is 21.4 Å². The number of non-ortho nitro benzene ring substituents is 1. The molecule has 0 unspecified atom stereocenters. The van der Waals surface area contributed by atoms with Crippen LogP contribution in [0.3, 0.4) is 0 Å². The molecule has 8 heteroatoms. The van der Waals surface area contributed by atoms with Gasteiger partial charge in [0.05, 0.1) is 21.5 Å². The number of nitrogens with zero attached hydrogens (tertiary/aromatic N) is 3. The second kappa shape index (κ2) is 6.56. The highest BCUT2D eigenvalue weighted by molar-refractivity contribution is 7.89. The van der Waals surface area contributed by atoms with Crippen LogP contribution < -0.4 is 0 Å². The van der Waals surface area contributed by atoms with E-state index in [4.69, 9.17) is 5.26 Å². The van der Waals surface area contributed by atoms with Crippen molar-refractivity contribution in [3.05, 3.63) is 69.8 Å². The van der Waals surface area contributed by atoms with E-state index < -0.39 is 14.9 Å². The molecule has 0 N–H and O–H groups in total. The Kier molecular flexibility index (Phi) is 4.74. The summed E-state index contributed by atoms with van der Waals surface area (Å²) in [5, 5.41) is 19.5. The maximum absolute atomic E-state index is 12.5. The number of hydrogen-bond acceptors (Lipinski definition) is 5. The summed E-state index contributed by atoms with van der Waals surface area (Å²) < 4.78 is 26.1. The van der Waals surface area contributed by atoms with Crippen molar-refractivity contribution in [3.63, 3.8) is 0 Å². The Morgan fingerprint density at radius 2 is 1.87 bits per heavy atom. The van der Waals surface area contributed by atoms with Crippen LogP contribution in [0.1, 0.15) is 11.1 Å². The molecular formula is C15H13N3O4S. The molecule has 0 heterocycles. The highest BCUT2D eigenvalue weighted by Gasteiger charge is 2.23. The van der Waals surface area contributed by atoms with Gasteiger partial charge in [-0.25, -0.2) is 8.42 Å². The topological polar surface area (TPSA) is 104 Å². The van der Waals surface area contributed by atoms with Crippen molar-refractivity contribution in [2.75, 3.05) is 7.05 Å². The molecule has 7 nitrogen and oxygen atoms in total. The molecule has 0 radical (unpaired) electrons. The minimum Gasteiger partial charge on any atom is -0.258 e. The molecule has 0 spiro atoms. The molecule has 0 aliphatic carbocycles. The first kappa shape index (κ1) is 16.6.